The lowest BCUT2D eigenvalue weighted by Gasteiger charge is -2.04. The molecule has 0 bridgehead atoms. The number of phenolic OH excluding ortho intramolecular Hbond substituents is 1. The van der Waals surface area contributed by atoms with Crippen molar-refractivity contribution in [2.24, 2.45) is 7.05 Å². The number of imidazole rings is 1. The zero-order valence-corrected chi connectivity index (χ0v) is 9.96. The van der Waals surface area contributed by atoms with Crippen LogP contribution >= 0.6 is 0 Å². The van der Waals surface area contributed by atoms with Crippen LogP contribution in [0.15, 0.2) is 42.5 Å². The molecule has 3 rings (SSSR count). The first-order chi connectivity index (χ1) is 8.66. The molecule has 0 aliphatic rings. The third kappa shape index (κ3) is 1.50. The second kappa shape index (κ2) is 3.77. The van der Waals surface area contributed by atoms with E-state index in [9.17, 15) is 5.11 Å². The van der Waals surface area contributed by atoms with Gasteiger partial charge in [-0.1, -0.05) is 12.1 Å². The van der Waals surface area contributed by atoms with Gasteiger partial charge in [0.05, 0.1) is 16.6 Å². The van der Waals surface area contributed by atoms with Gasteiger partial charge in [0.15, 0.2) is 0 Å². The molecular weight excluding hydrogens is 226 g/mol. The van der Waals surface area contributed by atoms with E-state index in [2.05, 4.69) is 4.98 Å². The molecule has 0 unspecified atom stereocenters. The summed E-state index contributed by atoms with van der Waals surface area (Å²) in [6.45, 7) is 0. The Kier molecular flexibility index (Phi) is 2.23. The lowest BCUT2D eigenvalue weighted by atomic mass is 10.2. The Morgan fingerprint density at radius 3 is 2.72 bits per heavy atom. The van der Waals surface area contributed by atoms with Crippen LogP contribution in [0.3, 0.4) is 0 Å². The summed E-state index contributed by atoms with van der Waals surface area (Å²) in [5, 5.41) is 9.89. The first-order valence-electron chi connectivity index (χ1n) is 5.67. The van der Waals surface area contributed by atoms with Crippen LogP contribution in [0, 0.1) is 0 Å². The van der Waals surface area contributed by atoms with Gasteiger partial charge in [0.2, 0.25) is 0 Å². The van der Waals surface area contributed by atoms with Gasteiger partial charge in [-0.3, -0.25) is 0 Å². The Hall–Kier alpha value is -2.49. The number of nitrogens with two attached hydrogens (primary N) is 1. The van der Waals surface area contributed by atoms with Crippen molar-refractivity contribution in [3.8, 4) is 17.1 Å². The molecule has 4 heteroatoms. The molecule has 1 aromatic heterocycles. The normalized spacial score (nSPS) is 10.9. The van der Waals surface area contributed by atoms with Crippen LogP contribution in [0.25, 0.3) is 22.4 Å². The number of nitrogen functional groups attached to an aromatic ring is 1. The highest BCUT2D eigenvalue weighted by atomic mass is 16.3. The molecule has 3 N–H and O–H groups in total. The Labute approximate surface area is 104 Å². The molecule has 2 aromatic carbocycles. The first-order valence-corrected chi connectivity index (χ1v) is 5.67. The zero-order chi connectivity index (χ0) is 12.7. The van der Waals surface area contributed by atoms with E-state index in [-0.39, 0.29) is 5.75 Å². The molecule has 18 heavy (non-hydrogen) atoms. The maximum absolute atomic E-state index is 9.89. The number of anilines is 1. The largest absolute Gasteiger partial charge is 0.507 e. The van der Waals surface area contributed by atoms with Crippen molar-refractivity contribution < 1.29 is 5.11 Å². The number of aryl methyl sites for hydroxylation is 1. The molecule has 90 valence electrons. The van der Waals surface area contributed by atoms with Gasteiger partial charge in [0.25, 0.3) is 0 Å². The molecule has 1 heterocycles. The number of hydrogen-bond donors (Lipinski definition) is 2. The molecule has 0 amide bonds. The van der Waals surface area contributed by atoms with Crippen LogP contribution in [-0.2, 0) is 7.05 Å². The van der Waals surface area contributed by atoms with Gasteiger partial charge in [-0.25, -0.2) is 4.98 Å². The summed E-state index contributed by atoms with van der Waals surface area (Å²) in [4.78, 5) is 4.53. The smallest absolute Gasteiger partial charge is 0.144 e. The van der Waals surface area contributed by atoms with Crippen LogP contribution in [0.5, 0.6) is 5.75 Å². The molecule has 3 aromatic rings. The topological polar surface area (TPSA) is 64.1 Å². The summed E-state index contributed by atoms with van der Waals surface area (Å²) in [5.41, 5.74) is 8.97. The van der Waals surface area contributed by atoms with E-state index in [4.69, 9.17) is 5.73 Å². The van der Waals surface area contributed by atoms with Crippen molar-refractivity contribution in [2.45, 2.75) is 0 Å². The van der Waals surface area contributed by atoms with E-state index in [1.165, 1.54) is 0 Å². The number of benzene rings is 2. The SMILES string of the molecule is Cn1c(-c2ccccc2O)nc2cc(N)ccc21. The molecule has 0 saturated heterocycles. The third-order valence-corrected chi connectivity index (χ3v) is 3.05. The van der Waals surface area contributed by atoms with Crippen molar-refractivity contribution in [2.75, 3.05) is 5.73 Å². The predicted molar refractivity (Wildman–Crippen MR) is 72.2 cm³/mol. The summed E-state index contributed by atoms with van der Waals surface area (Å²) in [6, 6.07) is 12.8. The number of hydrogen-bond acceptors (Lipinski definition) is 3. The average Bonchev–Trinajstić information content (AvgIpc) is 2.67. The van der Waals surface area contributed by atoms with Crippen LogP contribution in [0.1, 0.15) is 0 Å². The van der Waals surface area contributed by atoms with Crippen molar-refractivity contribution in [1.29, 1.82) is 0 Å². The van der Waals surface area contributed by atoms with E-state index < -0.39 is 0 Å². The van der Waals surface area contributed by atoms with E-state index in [0.29, 0.717) is 5.69 Å². The number of phenols is 1. The van der Waals surface area contributed by atoms with E-state index in [1.54, 1.807) is 12.1 Å². The van der Waals surface area contributed by atoms with Crippen molar-refractivity contribution in [3.63, 3.8) is 0 Å². The highest BCUT2D eigenvalue weighted by molar-refractivity contribution is 5.84. The van der Waals surface area contributed by atoms with Crippen LogP contribution in [0.4, 0.5) is 5.69 Å². The van der Waals surface area contributed by atoms with Crippen molar-refractivity contribution in [1.82, 2.24) is 9.55 Å². The first kappa shape index (κ1) is 10.7. The van der Waals surface area contributed by atoms with Gasteiger partial charge < -0.3 is 15.4 Å². The van der Waals surface area contributed by atoms with E-state index in [0.717, 1.165) is 22.4 Å². The lowest BCUT2D eigenvalue weighted by Crippen LogP contribution is -1.92. The third-order valence-electron chi connectivity index (χ3n) is 3.05. The Bertz CT molecular complexity index is 731. The Balaban J connectivity index is 2.31. The fraction of sp³-hybridized carbons (Fsp3) is 0.0714. The summed E-state index contributed by atoms with van der Waals surface area (Å²) in [5.74, 6) is 0.956. The molecule has 0 saturated carbocycles. The second-order valence-electron chi connectivity index (χ2n) is 4.26. The predicted octanol–water partition coefficient (Wildman–Crippen LogP) is 2.53. The van der Waals surface area contributed by atoms with E-state index >= 15 is 0 Å². The van der Waals surface area contributed by atoms with Gasteiger partial charge in [-0.15, -0.1) is 0 Å². The number of aromatic hydroxyl groups is 1. The molecule has 0 radical (unpaired) electrons. The Morgan fingerprint density at radius 1 is 1.17 bits per heavy atom. The molecule has 0 fully saturated rings. The van der Waals surface area contributed by atoms with Crippen LogP contribution in [0.2, 0.25) is 0 Å². The summed E-state index contributed by atoms with van der Waals surface area (Å²) in [6.07, 6.45) is 0. The number of para-hydroxylation sites is 1. The van der Waals surface area contributed by atoms with Gasteiger partial charge in [0, 0.05) is 12.7 Å². The minimum atomic E-state index is 0.226. The number of rotatable bonds is 1. The molecular formula is C14H13N3O. The highest BCUT2D eigenvalue weighted by Gasteiger charge is 2.12. The highest BCUT2D eigenvalue weighted by Crippen LogP contribution is 2.30. The number of nitrogens with zero attached hydrogens (tertiary/aromatic N) is 2. The van der Waals surface area contributed by atoms with Crippen LogP contribution in [-0.4, -0.2) is 14.7 Å². The van der Waals surface area contributed by atoms with E-state index in [1.807, 2.05) is 41.9 Å². The van der Waals surface area contributed by atoms with Crippen LogP contribution < -0.4 is 5.73 Å². The fourth-order valence-corrected chi connectivity index (χ4v) is 2.12. The maximum Gasteiger partial charge on any atom is 0.144 e. The molecule has 0 aliphatic carbocycles. The zero-order valence-electron chi connectivity index (χ0n) is 9.96. The molecule has 4 nitrogen and oxygen atoms in total. The molecule has 0 atom stereocenters. The van der Waals surface area contributed by atoms with Crippen molar-refractivity contribution >= 4 is 16.7 Å². The summed E-state index contributed by atoms with van der Waals surface area (Å²) >= 11 is 0. The fourth-order valence-electron chi connectivity index (χ4n) is 2.12. The van der Waals surface area contributed by atoms with Gasteiger partial charge in [-0.05, 0) is 30.3 Å². The Morgan fingerprint density at radius 2 is 1.94 bits per heavy atom. The maximum atomic E-state index is 9.89. The van der Waals surface area contributed by atoms with Gasteiger partial charge in [-0.2, -0.15) is 0 Å². The number of aromatic nitrogens is 2. The quantitative estimate of drug-likeness (QED) is 0.641. The summed E-state index contributed by atoms with van der Waals surface area (Å²) < 4.78 is 1.95. The second-order valence-corrected chi connectivity index (χ2v) is 4.26. The minimum absolute atomic E-state index is 0.226. The lowest BCUT2D eigenvalue weighted by molar-refractivity contribution is 0.476. The average molecular weight is 239 g/mol. The summed E-state index contributed by atoms with van der Waals surface area (Å²) in [7, 11) is 1.92. The minimum Gasteiger partial charge on any atom is -0.507 e. The van der Waals surface area contributed by atoms with Gasteiger partial charge in [0.1, 0.15) is 11.6 Å². The van der Waals surface area contributed by atoms with Crippen molar-refractivity contribution in [3.05, 3.63) is 42.5 Å². The van der Waals surface area contributed by atoms with Gasteiger partial charge >= 0.3 is 0 Å². The molecule has 0 aliphatic heterocycles. The molecule has 0 spiro atoms. The number of fused-ring (bicyclic) bond motifs is 1. The standard InChI is InChI=1S/C14H13N3O/c1-17-12-7-6-9(15)8-11(12)16-14(17)10-4-2-3-5-13(10)18/h2-8,18H,15H2,1H3. The monoisotopic (exact) mass is 239 g/mol.